The fourth-order valence-electron chi connectivity index (χ4n) is 2.80. The third-order valence-corrected chi connectivity index (χ3v) is 4.96. The number of rotatable bonds is 5. The largest absolute Gasteiger partial charge is 0.324 e. The van der Waals surface area contributed by atoms with E-state index in [0.29, 0.717) is 6.42 Å². The van der Waals surface area contributed by atoms with Crippen LogP contribution < -0.4 is 5.32 Å². The molecule has 1 atom stereocenters. The molecule has 0 radical (unpaired) electrons. The molecule has 0 saturated carbocycles. The molecule has 2 heterocycles. The van der Waals surface area contributed by atoms with Crippen LogP contribution in [0, 0.1) is 6.92 Å². The summed E-state index contributed by atoms with van der Waals surface area (Å²) < 4.78 is 2.53. The summed E-state index contributed by atoms with van der Waals surface area (Å²) in [4.78, 5) is 17.4. The monoisotopic (exact) mass is 364 g/mol. The summed E-state index contributed by atoms with van der Waals surface area (Å²) in [6.45, 7) is 1.97. The molecule has 7 nitrogen and oxygen atoms in total. The summed E-state index contributed by atoms with van der Waals surface area (Å²) in [6.07, 6.45) is 1.96. The van der Waals surface area contributed by atoms with Crippen LogP contribution in [0.2, 0.25) is 0 Å². The van der Waals surface area contributed by atoms with Crippen LogP contribution >= 0.6 is 11.3 Å². The molecule has 0 unspecified atom stereocenters. The Bertz CT molecular complexity index is 1030. The molecule has 0 aliphatic carbocycles. The second kappa shape index (κ2) is 7.01. The van der Waals surface area contributed by atoms with Crippen molar-refractivity contribution in [1.82, 2.24) is 25.2 Å². The van der Waals surface area contributed by atoms with E-state index < -0.39 is 6.04 Å². The molecule has 4 rings (SSSR count). The number of thiazole rings is 1. The maximum Gasteiger partial charge on any atom is 0.249 e. The lowest BCUT2D eigenvalue weighted by molar-refractivity contribution is -0.119. The van der Waals surface area contributed by atoms with Gasteiger partial charge in [0.2, 0.25) is 5.91 Å². The molecule has 8 heteroatoms. The van der Waals surface area contributed by atoms with Crippen LogP contribution in [0.4, 0.5) is 5.69 Å². The maximum atomic E-state index is 12.9. The van der Waals surface area contributed by atoms with Crippen LogP contribution in [0.15, 0.2) is 54.9 Å². The van der Waals surface area contributed by atoms with E-state index in [1.807, 2.05) is 55.5 Å². The summed E-state index contributed by atoms with van der Waals surface area (Å²) in [6, 6.07) is 15.0. The Morgan fingerprint density at radius 2 is 2.08 bits per heavy atom. The Kier molecular flexibility index (Phi) is 4.40. The van der Waals surface area contributed by atoms with Gasteiger partial charge in [-0.15, -0.1) is 16.4 Å². The van der Waals surface area contributed by atoms with Crippen molar-refractivity contribution < 1.29 is 4.79 Å². The highest BCUT2D eigenvalue weighted by molar-refractivity contribution is 7.18. The van der Waals surface area contributed by atoms with Crippen LogP contribution in [-0.4, -0.2) is 31.1 Å². The topological polar surface area (TPSA) is 85.6 Å². The van der Waals surface area contributed by atoms with Crippen molar-refractivity contribution in [2.45, 2.75) is 19.4 Å². The first-order valence-electron chi connectivity index (χ1n) is 8.13. The third kappa shape index (κ3) is 3.45. The zero-order chi connectivity index (χ0) is 17.9. The van der Waals surface area contributed by atoms with Crippen molar-refractivity contribution in [3.05, 3.63) is 65.4 Å². The number of tetrazole rings is 1. The summed E-state index contributed by atoms with van der Waals surface area (Å²) in [7, 11) is 0. The number of aryl methyl sites for hydroxylation is 1. The first kappa shape index (κ1) is 16.3. The van der Waals surface area contributed by atoms with Gasteiger partial charge in [0.1, 0.15) is 12.4 Å². The van der Waals surface area contributed by atoms with Gasteiger partial charge < -0.3 is 5.32 Å². The van der Waals surface area contributed by atoms with E-state index in [2.05, 4.69) is 25.8 Å². The van der Waals surface area contributed by atoms with Crippen LogP contribution in [0.25, 0.3) is 10.2 Å². The predicted octanol–water partition coefficient (Wildman–Crippen LogP) is 3.01. The summed E-state index contributed by atoms with van der Waals surface area (Å²) >= 11 is 1.60. The number of nitrogens with one attached hydrogen (secondary N) is 1. The zero-order valence-electron chi connectivity index (χ0n) is 14.0. The summed E-state index contributed by atoms with van der Waals surface area (Å²) in [5.41, 5.74) is 2.71. The van der Waals surface area contributed by atoms with Gasteiger partial charge in [0.15, 0.2) is 0 Å². The lowest BCUT2D eigenvalue weighted by Gasteiger charge is -2.16. The van der Waals surface area contributed by atoms with E-state index in [0.717, 1.165) is 26.5 Å². The average Bonchev–Trinajstić information content (AvgIpc) is 3.29. The van der Waals surface area contributed by atoms with E-state index in [9.17, 15) is 4.79 Å². The first-order chi connectivity index (χ1) is 12.7. The van der Waals surface area contributed by atoms with E-state index in [4.69, 9.17) is 0 Å². The summed E-state index contributed by atoms with van der Waals surface area (Å²) in [5, 5.41) is 15.2. The standard InChI is InChI=1S/C18H16N6OS/c1-12-20-15-8-7-14(10-17(15)26-12)21-18(25)16(24-11-19-22-23-24)9-13-5-3-2-4-6-13/h2-8,10-11,16H,9H2,1H3,(H,21,25)/t16-/m1/s1. The number of aromatic nitrogens is 5. The van der Waals surface area contributed by atoms with Gasteiger partial charge in [-0.2, -0.15) is 0 Å². The Morgan fingerprint density at radius 3 is 2.85 bits per heavy atom. The second-order valence-corrected chi connectivity index (χ2v) is 7.13. The molecule has 2 aromatic heterocycles. The molecule has 0 aliphatic rings. The number of anilines is 1. The number of carbonyl (C=O) groups excluding carboxylic acids is 1. The normalized spacial score (nSPS) is 12.2. The highest BCUT2D eigenvalue weighted by Crippen LogP contribution is 2.25. The number of carbonyl (C=O) groups is 1. The molecule has 130 valence electrons. The van der Waals surface area contributed by atoms with Crippen LogP contribution in [0.3, 0.4) is 0 Å². The molecule has 0 spiro atoms. The number of hydrogen-bond acceptors (Lipinski definition) is 6. The van der Waals surface area contributed by atoms with Crippen molar-refractivity contribution in [3.63, 3.8) is 0 Å². The minimum absolute atomic E-state index is 0.165. The lowest BCUT2D eigenvalue weighted by atomic mass is 10.1. The molecule has 0 fully saturated rings. The average molecular weight is 364 g/mol. The van der Waals surface area contributed by atoms with Crippen LogP contribution in [0.1, 0.15) is 16.6 Å². The van der Waals surface area contributed by atoms with Crippen molar-refractivity contribution in [3.8, 4) is 0 Å². The van der Waals surface area contributed by atoms with E-state index >= 15 is 0 Å². The smallest absolute Gasteiger partial charge is 0.249 e. The van der Waals surface area contributed by atoms with Gasteiger partial charge in [-0.05, 0) is 41.1 Å². The third-order valence-electron chi connectivity index (χ3n) is 4.02. The predicted molar refractivity (Wildman–Crippen MR) is 100.0 cm³/mol. The fraction of sp³-hybridized carbons (Fsp3) is 0.167. The number of benzene rings is 2. The maximum absolute atomic E-state index is 12.9. The van der Waals surface area contributed by atoms with Gasteiger partial charge >= 0.3 is 0 Å². The van der Waals surface area contributed by atoms with Gasteiger partial charge in [-0.1, -0.05) is 30.3 Å². The molecular formula is C18H16N6OS. The quantitative estimate of drug-likeness (QED) is 0.588. The van der Waals surface area contributed by atoms with Gasteiger partial charge in [0.25, 0.3) is 0 Å². The number of fused-ring (bicyclic) bond motifs is 1. The van der Waals surface area contributed by atoms with E-state index in [1.54, 1.807) is 11.3 Å². The second-order valence-electron chi connectivity index (χ2n) is 5.90. The van der Waals surface area contributed by atoms with E-state index in [1.165, 1.54) is 11.0 Å². The molecule has 2 aromatic carbocycles. The Hall–Kier alpha value is -3.13. The van der Waals surface area contributed by atoms with Crippen molar-refractivity contribution >= 4 is 33.1 Å². The molecule has 0 aliphatic heterocycles. The van der Waals surface area contributed by atoms with Gasteiger partial charge in [0, 0.05) is 12.1 Å². The Balaban J connectivity index is 1.59. The molecule has 4 aromatic rings. The molecular weight excluding hydrogens is 348 g/mol. The molecule has 1 amide bonds. The molecule has 0 bridgehead atoms. The van der Waals surface area contributed by atoms with Crippen LogP contribution in [-0.2, 0) is 11.2 Å². The van der Waals surface area contributed by atoms with Crippen molar-refractivity contribution in [2.75, 3.05) is 5.32 Å². The van der Waals surface area contributed by atoms with Gasteiger partial charge in [-0.25, -0.2) is 9.67 Å². The lowest BCUT2D eigenvalue weighted by Crippen LogP contribution is -2.28. The highest BCUT2D eigenvalue weighted by atomic mass is 32.1. The van der Waals surface area contributed by atoms with Gasteiger partial charge in [-0.3, -0.25) is 4.79 Å². The minimum Gasteiger partial charge on any atom is -0.324 e. The van der Waals surface area contributed by atoms with Crippen LogP contribution in [0.5, 0.6) is 0 Å². The fourth-order valence-corrected chi connectivity index (χ4v) is 3.66. The molecule has 0 saturated heterocycles. The molecule has 1 N–H and O–H groups in total. The first-order valence-corrected chi connectivity index (χ1v) is 8.95. The Morgan fingerprint density at radius 1 is 1.23 bits per heavy atom. The number of nitrogens with zero attached hydrogens (tertiary/aromatic N) is 5. The zero-order valence-corrected chi connectivity index (χ0v) is 14.8. The Labute approximate surface area is 153 Å². The highest BCUT2D eigenvalue weighted by Gasteiger charge is 2.22. The van der Waals surface area contributed by atoms with Crippen molar-refractivity contribution in [1.29, 1.82) is 0 Å². The van der Waals surface area contributed by atoms with Gasteiger partial charge in [0.05, 0.1) is 15.2 Å². The van der Waals surface area contributed by atoms with Crippen molar-refractivity contribution in [2.24, 2.45) is 0 Å². The SMILES string of the molecule is Cc1nc2ccc(NC(=O)[C@@H](Cc3ccccc3)n3cnnn3)cc2s1. The minimum atomic E-state index is -0.536. The number of amides is 1. The number of hydrogen-bond donors (Lipinski definition) is 1. The van der Waals surface area contributed by atoms with E-state index in [-0.39, 0.29) is 5.91 Å². The molecule has 26 heavy (non-hydrogen) atoms. The summed E-state index contributed by atoms with van der Waals surface area (Å²) in [5.74, 6) is -0.165.